The standard InChI is InChI=1S/C13H13Cl2NO5/c1-2-19-12(17)9-3-7(14)4-10(11(9)15)20-6-8-5-16-13(18)21-8/h3-4,8H,2,5-6H2,1H3,(H,16,18). The molecule has 0 radical (unpaired) electrons. The van der Waals surface area contributed by atoms with Crippen LogP contribution in [0.25, 0.3) is 0 Å². The van der Waals surface area contributed by atoms with Crippen molar-refractivity contribution < 1.29 is 23.8 Å². The maximum atomic E-state index is 11.8. The van der Waals surface area contributed by atoms with Crippen molar-refractivity contribution >= 4 is 35.3 Å². The summed E-state index contributed by atoms with van der Waals surface area (Å²) < 4.78 is 15.3. The van der Waals surface area contributed by atoms with Crippen molar-refractivity contribution in [3.63, 3.8) is 0 Å². The number of rotatable bonds is 5. The van der Waals surface area contributed by atoms with Gasteiger partial charge >= 0.3 is 12.1 Å². The zero-order valence-electron chi connectivity index (χ0n) is 11.2. The minimum atomic E-state index is -0.580. The zero-order chi connectivity index (χ0) is 15.4. The molecule has 1 aliphatic heterocycles. The molecule has 0 saturated carbocycles. The third-order valence-electron chi connectivity index (χ3n) is 2.67. The van der Waals surface area contributed by atoms with Gasteiger partial charge in [0.2, 0.25) is 0 Å². The summed E-state index contributed by atoms with van der Waals surface area (Å²) in [5, 5.41) is 2.90. The van der Waals surface area contributed by atoms with Gasteiger partial charge in [-0.25, -0.2) is 9.59 Å². The van der Waals surface area contributed by atoms with Crippen LogP contribution in [0.3, 0.4) is 0 Å². The van der Waals surface area contributed by atoms with Crippen molar-refractivity contribution in [1.29, 1.82) is 0 Å². The molecule has 1 aliphatic rings. The van der Waals surface area contributed by atoms with Gasteiger partial charge in [0.1, 0.15) is 12.4 Å². The molecule has 6 nitrogen and oxygen atoms in total. The number of benzene rings is 1. The highest BCUT2D eigenvalue weighted by atomic mass is 35.5. The quantitative estimate of drug-likeness (QED) is 0.838. The first-order chi connectivity index (χ1) is 10.0. The number of esters is 1. The third kappa shape index (κ3) is 3.92. The van der Waals surface area contributed by atoms with Gasteiger partial charge in [-0.15, -0.1) is 0 Å². The highest BCUT2D eigenvalue weighted by Gasteiger charge is 2.24. The van der Waals surface area contributed by atoms with Crippen LogP contribution in [0.2, 0.25) is 10.0 Å². The van der Waals surface area contributed by atoms with E-state index in [9.17, 15) is 9.59 Å². The van der Waals surface area contributed by atoms with Crippen LogP contribution < -0.4 is 10.1 Å². The lowest BCUT2D eigenvalue weighted by Gasteiger charge is -2.13. The van der Waals surface area contributed by atoms with Crippen LogP contribution >= 0.6 is 23.2 Å². The summed E-state index contributed by atoms with van der Waals surface area (Å²) in [5.41, 5.74) is 0.127. The predicted molar refractivity (Wildman–Crippen MR) is 76.2 cm³/mol. The van der Waals surface area contributed by atoms with Crippen LogP contribution in [0.5, 0.6) is 5.75 Å². The number of hydrogen-bond acceptors (Lipinski definition) is 5. The van der Waals surface area contributed by atoms with Crippen molar-refractivity contribution in [1.82, 2.24) is 5.32 Å². The second kappa shape index (κ2) is 6.87. The van der Waals surface area contributed by atoms with Gasteiger partial charge in [-0.1, -0.05) is 23.2 Å². The molecular weight excluding hydrogens is 321 g/mol. The maximum Gasteiger partial charge on any atom is 0.407 e. The van der Waals surface area contributed by atoms with E-state index in [0.717, 1.165) is 0 Å². The number of ether oxygens (including phenoxy) is 3. The fourth-order valence-electron chi connectivity index (χ4n) is 1.73. The number of alkyl carbamates (subject to hydrolysis) is 1. The highest BCUT2D eigenvalue weighted by molar-refractivity contribution is 6.37. The molecule has 1 amide bonds. The average molecular weight is 334 g/mol. The molecule has 1 saturated heterocycles. The first-order valence-corrected chi connectivity index (χ1v) is 7.00. The van der Waals surface area contributed by atoms with Crippen molar-refractivity contribution in [3.8, 4) is 5.75 Å². The van der Waals surface area contributed by atoms with E-state index in [-0.39, 0.29) is 29.5 Å². The molecule has 114 valence electrons. The largest absolute Gasteiger partial charge is 0.488 e. The molecule has 2 rings (SSSR count). The Kier molecular flexibility index (Phi) is 5.14. The first-order valence-electron chi connectivity index (χ1n) is 6.24. The summed E-state index contributed by atoms with van der Waals surface area (Å²) in [4.78, 5) is 22.7. The summed E-state index contributed by atoms with van der Waals surface area (Å²) in [7, 11) is 0. The van der Waals surface area contributed by atoms with E-state index in [1.165, 1.54) is 12.1 Å². The Morgan fingerprint density at radius 2 is 2.24 bits per heavy atom. The molecule has 0 spiro atoms. The van der Waals surface area contributed by atoms with Gasteiger partial charge in [0.25, 0.3) is 0 Å². The summed E-state index contributed by atoms with van der Waals surface area (Å²) in [6, 6.07) is 2.89. The summed E-state index contributed by atoms with van der Waals surface area (Å²) in [5.74, 6) is -0.348. The molecule has 0 aliphatic carbocycles. The van der Waals surface area contributed by atoms with Gasteiger partial charge in [0.05, 0.1) is 23.7 Å². The van der Waals surface area contributed by atoms with Crippen LogP contribution in [0.1, 0.15) is 17.3 Å². The summed E-state index contributed by atoms with van der Waals surface area (Å²) in [6.45, 7) is 2.36. The first kappa shape index (κ1) is 15.7. The molecule has 21 heavy (non-hydrogen) atoms. The Labute approximate surface area is 131 Å². The average Bonchev–Trinajstić information content (AvgIpc) is 2.85. The van der Waals surface area contributed by atoms with Gasteiger partial charge in [0, 0.05) is 11.1 Å². The van der Waals surface area contributed by atoms with Gasteiger partial charge in [-0.2, -0.15) is 0 Å². The molecule has 1 fully saturated rings. The van der Waals surface area contributed by atoms with E-state index in [1.54, 1.807) is 6.92 Å². The fraction of sp³-hybridized carbons (Fsp3) is 0.385. The molecule has 0 bridgehead atoms. The molecule has 1 N–H and O–H groups in total. The van der Waals surface area contributed by atoms with Gasteiger partial charge in [0.15, 0.2) is 6.10 Å². The van der Waals surface area contributed by atoms with Crippen molar-refractivity contribution in [2.24, 2.45) is 0 Å². The summed E-state index contributed by atoms with van der Waals surface area (Å²) in [6.07, 6.45) is -0.911. The Morgan fingerprint density at radius 1 is 1.48 bits per heavy atom. The lowest BCUT2D eigenvalue weighted by atomic mass is 10.2. The monoisotopic (exact) mass is 333 g/mol. The number of carbonyl (C=O) groups is 2. The molecule has 8 heteroatoms. The number of halogens is 2. The van der Waals surface area contributed by atoms with E-state index in [0.29, 0.717) is 11.6 Å². The number of carbonyl (C=O) groups excluding carboxylic acids is 2. The van der Waals surface area contributed by atoms with Crippen LogP contribution in [0, 0.1) is 0 Å². The fourth-order valence-corrected chi connectivity index (χ4v) is 2.18. The Balaban J connectivity index is 2.11. The molecule has 1 unspecified atom stereocenters. The topological polar surface area (TPSA) is 73.9 Å². The molecule has 1 aromatic rings. The number of cyclic esters (lactones) is 1. The van der Waals surface area contributed by atoms with Crippen LogP contribution in [-0.4, -0.2) is 37.9 Å². The van der Waals surface area contributed by atoms with Crippen LogP contribution in [-0.2, 0) is 9.47 Å². The molecule has 1 atom stereocenters. The van der Waals surface area contributed by atoms with Gasteiger partial charge in [-0.3, -0.25) is 0 Å². The minimum absolute atomic E-state index is 0.0983. The van der Waals surface area contributed by atoms with Gasteiger partial charge in [-0.05, 0) is 13.0 Å². The molecule has 0 aromatic heterocycles. The molecular formula is C13H13Cl2NO5. The maximum absolute atomic E-state index is 11.8. The molecule has 1 aromatic carbocycles. The van der Waals surface area contributed by atoms with Crippen molar-refractivity contribution in [2.45, 2.75) is 13.0 Å². The normalized spacial score (nSPS) is 17.1. The van der Waals surface area contributed by atoms with E-state index < -0.39 is 18.2 Å². The highest BCUT2D eigenvalue weighted by Crippen LogP contribution is 2.32. The van der Waals surface area contributed by atoms with Crippen LogP contribution in [0.4, 0.5) is 4.79 Å². The lowest BCUT2D eigenvalue weighted by molar-refractivity contribution is 0.0526. The number of amides is 1. The van der Waals surface area contributed by atoms with E-state index in [4.69, 9.17) is 37.4 Å². The second-order valence-electron chi connectivity index (χ2n) is 4.21. The smallest absolute Gasteiger partial charge is 0.407 e. The van der Waals surface area contributed by atoms with E-state index in [1.807, 2.05) is 0 Å². The van der Waals surface area contributed by atoms with Gasteiger partial charge < -0.3 is 19.5 Å². The van der Waals surface area contributed by atoms with Crippen molar-refractivity contribution in [3.05, 3.63) is 27.7 Å². The van der Waals surface area contributed by atoms with Crippen LogP contribution in [0.15, 0.2) is 12.1 Å². The second-order valence-corrected chi connectivity index (χ2v) is 5.02. The lowest BCUT2D eigenvalue weighted by Crippen LogP contribution is -2.22. The third-order valence-corrected chi connectivity index (χ3v) is 3.28. The van der Waals surface area contributed by atoms with E-state index in [2.05, 4.69) is 5.32 Å². The Morgan fingerprint density at radius 3 is 2.86 bits per heavy atom. The van der Waals surface area contributed by atoms with E-state index >= 15 is 0 Å². The van der Waals surface area contributed by atoms with Crippen molar-refractivity contribution in [2.75, 3.05) is 19.8 Å². The Hall–Kier alpha value is -1.66. The predicted octanol–water partition coefficient (Wildman–Crippen LogP) is 2.66. The molecule has 1 heterocycles. The Bertz CT molecular complexity index is 564. The number of nitrogens with one attached hydrogen (secondary N) is 1. The number of hydrogen-bond donors (Lipinski definition) is 1. The zero-order valence-corrected chi connectivity index (χ0v) is 12.7. The minimum Gasteiger partial charge on any atom is -0.488 e. The SMILES string of the molecule is CCOC(=O)c1cc(Cl)cc(OCC2CNC(=O)O2)c1Cl. The summed E-state index contributed by atoms with van der Waals surface area (Å²) >= 11 is 12.1.